The van der Waals surface area contributed by atoms with Gasteiger partial charge in [0.15, 0.2) is 0 Å². The van der Waals surface area contributed by atoms with Gasteiger partial charge in [-0.2, -0.15) is 5.10 Å². The first kappa shape index (κ1) is 8.07. The molecule has 4 nitrogen and oxygen atoms in total. The molecule has 0 aliphatic carbocycles. The molecule has 1 aromatic heterocycles. The van der Waals surface area contributed by atoms with Crippen molar-refractivity contribution < 1.29 is 0 Å². The molecule has 3 N–H and O–H groups in total. The molecule has 0 amide bonds. The minimum atomic E-state index is 0.584. The van der Waals surface area contributed by atoms with Gasteiger partial charge in [0, 0.05) is 19.7 Å². The van der Waals surface area contributed by atoms with E-state index in [2.05, 4.69) is 17.3 Å². The monoisotopic (exact) mass is 154 g/mol. The quantitative estimate of drug-likeness (QED) is 0.649. The van der Waals surface area contributed by atoms with Crippen LogP contribution in [-0.4, -0.2) is 16.3 Å². The first-order chi connectivity index (χ1) is 5.24. The molecule has 0 aromatic carbocycles. The zero-order chi connectivity index (χ0) is 8.27. The molecule has 0 aliphatic heterocycles. The van der Waals surface area contributed by atoms with E-state index in [1.165, 1.54) is 0 Å². The van der Waals surface area contributed by atoms with Crippen LogP contribution in [-0.2, 0) is 13.6 Å². The van der Waals surface area contributed by atoms with Crippen molar-refractivity contribution in [2.24, 2.45) is 7.05 Å². The molecule has 4 heteroatoms. The van der Waals surface area contributed by atoms with Crippen LogP contribution in [0.5, 0.6) is 0 Å². The number of nitrogen functional groups attached to an aromatic ring is 1. The summed E-state index contributed by atoms with van der Waals surface area (Å²) >= 11 is 0. The van der Waals surface area contributed by atoms with E-state index >= 15 is 0 Å². The van der Waals surface area contributed by atoms with Crippen LogP contribution in [0.4, 0.5) is 5.82 Å². The number of aromatic nitrogens is 2. The average Bonchev–Trinajstić information content (AvgIpc) is 2.26. The largest absolute Gasteiger partial charge is 0.382 e. The van der Waals surface area contributed by atoms with E-state index in [1.807, 2.05) is 13.1 Å². The highest BCUT2D eigenvalue weighted by Crippen LogP contribution is 2.02. The van der Waals surface area contributed by atoms with Gasteiger partial charge in [-0.1, -0.05) is 6.92 Å². The number of nitrogens with one attached hydrogen (secondary N) is 1. The number of anilines is 1. The molecule has 0 atom stereocenters. The van der Waals surface area contributed by atoms with E-state index < -0.39 is 0 Å². The summed E-state index contributed by atoms with van der Waals surface area (Å²) < 4.78 is 1.79. The fourth-order valence-electron chi connectivity index (χ4n) is 0.949. The van der Waals surface area contributed by atoms with E-state index in [-0.39, 0.29) is 0 Å². The standard InChI is InChI=1S/C7H14N4/c1-3-9-5-6-4-7(8)10-11(6)2/h4,9H,3,5H2,1-2H3,(H2,8,10). The zero-order valence-corrected chi connectivity index (χ0v) is 6.96. The Morgan fingerprint density at radius 1 is 1.73 bits per heavy atom. The summed E-state index contributed by atoms with van der Waals surface area (Å²) in [5, 5.41) is 7.22. The first-order valence-electron chi connectivity index (χ1n) is 3.73. The fraction of sp³-hybridized carbons (Fsp3) is 0.571. The van der Waals surface area contributed by atoms with Crippen LogP contribution in [0.2, 0.25) is 0 Å². The molecule has 1 aromatic rings. The van der Waals surface area contributed by atoms with Crippen molar-refractivity contribution in [3.8, 4) is 0 Å². The second kappa shape index (κ2) is 3.39. The lowest BCUT2D eigenvalue weighted by atomic mass is 10.4. The van der Waals surface area contributed by atoms with Gasteiger partial charge in [0.05, 0.1) is 5.69 Å². The van der Waals surface area contributed by atoms with Gasteiger partial charge >= 0.3 is 0 Å². The third-order valence-corrected chi connectivity index (χ3v) is 1.55. The topological polar surface area (TPSA) is 55.9 Å². The third-order valence-electron chi connectivity index (χ3n) is 1.55. The van der Waals surface area contributed by atoms with E-state index in [0.29, 0.717) is 5.82 Å². The van der Waals surface area contributed by atoms with Crippen LogP contribution in [0.15, 0.2) is 6.07 Å². The highest BCUT2D eigenvalue weighted by molar-refractivity contribution is 5.29. The van der Waals surface area contributed by atoms with Gasteiger partial charge in [-0.25, -0.2) is 0 Å². The lowest BCUT2D eigenvalue weighted by Crippen LogP contribution is -2.14. The van der Waals surface area contributed by atoms with Crippen LogP contribution in [0.1, 0.15) is 12.6 Å². The molecular formula is C7H14N4. The minimum absolute atomic E-state index is 0.584. The number of hydrogen-bond acceptors (Lipinski definition) is 3. The summed E-state index contributed by atoms with van der Waals surface area (Å²) in [5.41, 5.74) is 6.61. The molecule has 11 heavy (non-hydrogen) atoms. The normalized spacial score (nSPS) is 10.4. The van der Waals surface area contributed by atoms with Crippen LogP contribution in [0.3, 0.4) is 0 Å². The van der Waals surface area contributed by atoms with Crippen LogP contribution < -0.4 is 11.1 Å². The van der Waals surface area contributed by atoms with Gasteiger partial charge in [-0.3, -0.25) is 4.68 Å². The van der Waals surface area contributed by atoms with Crippen LogP contribution >= 0.6 is 0 Å². The zero-order valence-electron chi connectivity index (χ0n) is 6.96. The summed E-state index contributed by atoms with van der Waals surface area (Å²) in [5.74, 6) is 0.584. The van der Waals surface area contributed by atoms with Gasteiger partial charge in [0.1, 0.15) is 5.82 Å². The number of rotatable bonds is 3. The summed E-state index contributed by atoms with van der Waals surface area (Å²) in [6, 6.07) is 1.88. The van der Waals surface area contributed by atoms with Gasteiger partial charge in [0.2, 0.25) is 0 Å². The van der Waals surface area contributed by atoms with Crippen molar-refractivity contribution in [3.63, 3.8) is 0 Å². The van der Waals surface area contributed by atoms with Gasteiger partial charge in [-0.05, 0) is 6.54 Å². The summed E-state index contributed by atoms with van der Waals surface area (Å²) in [6.07, 6.45) is 0. The lowest BCUT2D eigenvalue weighted by molar-refractivity contribution is 0.644. The van der Waals surface area contributed by atoms with E-state index in [1.54, 1.807) is 4.68 Å². The maximum Gasteiger partial charge on any atom is 0.145 e. The van der Waals surface area contributed by atoms with Crippen molar-refractivity contribution in [1.29, 1.82) is 0 Å². The molecule has 0 bridgehead atoms. The number of hydrogen-bond donors (Lipinski definition) is 2. The number of nitrogens with two attached hydrogens (primary N) is 1. The summed E-state index contributed by atoms with van der Waals surface area (Å²) in [4.78, 5) is 0. The Balaban J connectivity index is 2.62. The smallest absolute Gasteiger partial charge is 0.145 e. The molecule has 62 valence electrons. The molecule has 0 radical (unpaired) electrons. The fourth-order valence-corrected chi connectivity index (χ4v) is 0.949. The molecule has 0 fully saturated rings. The van der Waals surface area contributed by atoms with Gasteiger partial charge in [-0.15, -0.1) is 0 Å². The van der Waals surface area contributed by atoms with Gasteiger partial charge < -0.3 is 11.1 Å². The Morgan fingerprint density at radius 2 is 2.45 bits per heavy atom. The lowest BCUT2D eigenvalue weighted by Gasteiger charge is -2.00. The Hall–Kier alpha value is -1.03. The van der Waals surface area contributed by atoms with Crippen molar-refractivity contribution in [1.82, 2.24) is 15.1 Å². The van der Waals surface area contributed by atoms with E-state index in [4.69, 9.17) is 5.73 Å². The van der Waals surface area contributed by atoms with Crippen molar-refractivity contribution >= 4 is 5.82 Å². The minimum Gasteiger partial charge on any atom is -0.382 e. The average molecular weight is 154 g/mol. The maximum atomic E-state index is 5.49. The molecule has 0 spiro atoms. The maximum absolute atomic E-state index is 5.49. The first-order valence-corrected chi connectivity index (χ1v) is 3.73. The van der Waals surface area contributed by atoms with Crippen LogP contribution in [0.25, 0.3) is 0 Å². The Labute approximate surface area is 66.4 Å². The molecular weight excluding hydrogens is 140 g/mol. The summed E-state index contributed by atoms with van der Waals surface area (Å²) in [7, 11) is 1.89. The van der Waals surface area contributed by atoms with E-state index in [9.17, 15) is 0 Å². The second-order valence-corrected chi connectivity index (χ2v) is 2.46. The Kier molecular flexibility index (Phi) is 2.48. The van der Waals surface area contributed by atoms with Crippen LogP contribution in [0, 0.1) is 0 Å². The van der Waals surface area contributed by atoms with Crippen molar-refractivity contribution in [2.45, 2.75) is 13.5 Å². The predicted molar refractivity (Wildman–Crippen MR) is 45.0 cm³/mol. The summed E-state index contributed by atoms with van der Waals surface area (Å²) in [6.45, 7) is 3.86. The Morgan fingerprint density at radius 3 is 2.91 bits per heavy atom. The molecule has 1 rings (SSSR count). The molecule has 0 aliphatic rings. The highest BCUT2D eigenvalue weighted by Gasteiger charge is 1.99. The van der Waals surface area contributed by atoms with Gasteiger partial charge in [0.25, 0.3) is 0 Å². The number of nitrogens with zero attached hydrogens (tertiary/aromatic N) is 2. The third kappa shape index (κ3) is 1.94. The Bertz CT molecular complexity index is 228. The second-order valence-electron chi connectivity index (χ2n) is 2.46. The predicted octanol–water partition coefficient (Wildman–Crippen LogP) is 0.112. The molecule has 0 unspecified atom stereocenters. The van der Waals surface area contributed by atoms with E-state index in [0.717, 1.165) is 18.8 Å². The molecule has 1 heterocycles. The number of aryl methyl sites for hydroxylation is 1. The van der Waals surface area contributed by atoms with Crippen molar-refractivity contribution in [3.05, 3.63) is 11.8 Å². The van der Waals surface area contributed by atoms with Crippen molar-refractivity contribution in [2.75, 3.05) is 12.3 Å². The molecule has 0 saturated carbocycles. The highest BCUT2D eigenvalue weighted by atomic mass is 15.3. The SMILES string of the molecule is CCNCc1cc(N)nn1C. The molecule has 0 saturated heterocycles.